The van der Waals surface area contributed by atoms with Gasteiger partial charge in [-0.1, -0.05) is 39.0 Å². The number of allylic oxidation sites excluding steroid dienone is 3. The van der Waals surface area contributed by atoms with E-state index in [-0.39, 0.29) is 53.5 Å². The van der Waals surface area contributed by atoms with Crippen LogP contribution in [0, 0.1) is 17.8 Å². The van der Waals surface area contributed by atoms with Gasteiger partial charge in [-0.25, -0.2) is 0 Å². The molecule has 0 radical (unpaired) electrons. The molecule has 0 aromatic heterocycles. The number of methoxy groups -OCH3 is 1. The van der Waals surface area contributed by atoms with E-state index >= 15 is 0 Å². The monoisotopic (exact) mass is 661 g/mol. The van der Waals surface area contributed by atoms with Crippen LogP contribution < -0.4 is 0 Å². The molecule has 2 saturated heterocycles. The summed E-state index contributed by atoms with van der Waals surface area (Å²) in [6.45, 7) is 14.5. The molecule has 0 spiro atoms. The van der Waals surface area contributed by atoms with Gasteiger partial charge in [0.05, 0.1) is 55.9 Å². The van der Waals surface area contributed by atoms with Crippen molar-refractivity contribution in [1.29, 1.82) is 0 Å². The lowest BCUT2D eigenvalue weighted by molar-refractivity contribution is -0.137. The Morgan fingerprint density at radius 3 is 2.43 bits per heavy atom. The number of Topliss-reactive ketones (excluding diaryl/α,β-unsaturated/α-hetero) is 1. The molecule has 3 aliphatic rings. The lowest BCUT2D eigenvalue weighted by atomic mass is 9.85. The van der Waals surface area contributed by atoms with Crippen molar-refractivity contribution in [3.8, 4) is 0 Å². The Kier molecular flexibility index (Phi) is 15.9. The van der Waals surface area contributed by atoms with Gasteiger partial charge in [0.15, 0.2) is 0 Å². The highest BCUT2D eigenvalue weighted by atomic mass is 16.6. The smallest absolute Gasteiger partial charge is 0.253 e. The summed E-state index contributed by atoms with van der Waals surface area (Å²) in [4.78, 5) is 36.7. The predicted molar refractivity (Wildman–Crippen MR) is 180 cm³/mol. The topological polar surface area (TPSA) is 124 Å². The lowest BCUT2D eigenvalue weighted by Gasteiger charge is -2.35. The minimum Gasteiger partial charge on any atom is -0.391 e. The Balaban J connectivity index is 1.28. The minimum absolute atomic E-state index is 0.0427. The summed E-state index contributed by atoms with van der Waals surface area (Å²) in [5.41, 5.74) is 0.988. The summed E-state index contributed by atoms with van der Waals surface area (Å²) < 4.78 is 29.2. The first-order chi connectivity index (χ1) is 22.4. The van der Waals surface area contributed by atoms with Gasteiger partial charge in [-0.05, 0) is 70.3 Å². The maximum atomic E-state index is 12.5. The normalized spacial score (nSPS) is 29.0. The highest BCUT2D eigenvalue weighted by Crippen LogP contribution is 2.47. The molecule has 0 bridgehead atoms. The first-order valence-corrected chi connectivity index (χ1v) is 17.5. The van der Waals surface area contributed by atoms with Gasteiger partial charge in [-0.2, -0.15) is 0 Å². The molecule has 3 heterocycles. The molecule has 10 nitrogen and oxygen atoms in total. The van der Waals surface area contributed by atoms with Crippen LogP contribution in [0.3, 0.4) is 0 Å². The van der Waals surface area contributed by atoms with E-state index in [1.165, 1.54) is 22.6 Å². The Hall–Kier alpha value is -2.21. The van der Waals surface area contributed by atoms with E-state index in [1.54, 1.807) is 14.0 Å². The van der Waals surface area contributed by atoms with Gasteiger partial charge in [0.1, 0.15) is 5.78 Å². The molecule has 0 aromatic rings. The maximum Gasteiger partial charge on any atom is 0.253 e. The quantitative estimate of drug-likeness (QED) is 0.0741. The molecular weight excluding hydrogens is 602 g/mol. The van der Waals surface area contributed by atoms with Crippen molar-refractivity contribution in [2.24, 2.45) is 17.8 Å². The summed E-state index contributed by atoms with van der Waals surface area (Å²) in [6.07, 6.45) is 13.6. The molecular formula is C37H59NO9. The van der Waals surface area contributed by atoms with Gasteiger partial charge in [0, 0.05) is 51.2 Å². The first-order valence-electron chi connectivity index (χ1n) is 17.5. The molecule has 47 heavy (non-hydrogen) atoms. The van der Waals surface area contributed by atoms with E-state index in [0.717, 1.165) is 25.7 Å². The predicted octanol–water partition coefficient (Wildman–Crippen LogP) is 4.98. The van der Waals surface area contributed by atoms with Crippen molar-refractivity contribution >= 4 is 17.6 Å². The molecule has 3 aliphatic heterocycles. The number of rotatable bonds is 22. The van der Waals surface area contributed by atoms with Crippen LogP contribution in [0.25, 0.3) is 0 Å². The van der Waals surface area contributed by atoms with Gasteiger partial charge in [0.25, 0.3) is 11.8 Å². The van der Waals surface area contributed by atoms with Crippen LogP contribution in [-0.4, -0.2) is 104 Å². The number of carbonyl (C=O) groups excluding carboxylic acids is 3. The van der Waals surface area contributed by atoms with Gasteiger partial charge in [0.2, 0.25) is 0 Å². The summed E-state index contributed by atoms with van der Waals surface area (Å²) in [6, 6.07) is 0. The van der Waals surface area contributed by atoms with Crippen LogP contribution in [0.2, 0.25) is 0 Å². The van der Waals surface area contributed by atoms with Gasteiger partial charge < -0.3 is 28.8 Å². The number of ether oxygens (including phenoxy) is 5. The number of imide groups is 1. The van der Waals surface area contributed by atoms with Crippen molar-refractivity contribution in [2.75, 3.05) is 40.1 Å². The summed E-state index contributed by atoms with van der Waals surface area (Å²) in [5.74, 6) is 0.485. The van der Waals surface area contributed by atoms with Gasteiger partial charge in [-0.15, -0.1) is 0 Å². The van der Waals surface area contributed by atoms with E-state index in [9.17, 15) is 19.5 Å². The van der Waals surface area contributed by atoms with E-state index < -0.39 is 6.10 Å². The summed E-state index contributed by atoms with van der Waals surface area (Å²) in [7, 11) is 1.64. The molecule has 9 atom stereocenters. The molecule has 10 heteroatoms. The minimum atomic E-state index is -0.540. The first kappa shape index (κ1) is 39.2. The van der Waals surface area contributed by atoms with Crippen LogP contribution in [0.5, 0.6) is 0 Å². The Labute approximate surface area is 281 Å². The van der Waals surface area contributed by atoms with Crippen LogP contribution in [-0.2, 0) is 38.1 Å². The van der Waals surface area contributed by atoms with Crippen molar-refractivity contribution in [3.05, 3.63) is 36.0 Å². The zero-order valence-corrected chi connectivity index (χ0v) is 29.7. The molecule has 1 N–H and O–H groups in total. The highest BCUT2D eigenvalue weighted by molar-refractivity contribution is 6.12. The number of aliphatic hydroxyl groups excluding tert-OH is 1. The highest BCUT2D eigenvalue weighted by Gasteiger charge is 2.56. The zero-order valence-electron chi connectivity index (χ0n) is 29.7. The molecule has 2 fully saturated rings. The summed E-state index contributed by atoms with van der Waals surface area (Å²) in [5, 5.41) is 10.0. The number of epoxide rings is 1. The van der Waals surface area contributed by atoms with Crippen LogP contribution in [0.1, 0.15) is 86.5 Å². The zero-order chi connectivity index (χ0) is 34.6. The third-order valence-corrected chi connectivity index (χ3v) is 9.67. The number of amides is 2. The Morgan fingerprint density at radius 2 is 1.77 bits per heavy atom. The Bertz CT molecular complexity index is 1100. The van der Waals surface area contributed by atoms with Crippen molar-refractivity contribution in [1.82, 2.24) is 4.90 Å². The standard InChI is InChI=1S/C37H59NO9/c1-25(24-37(6)36(47-37)28(4)35(43-7)29(5)39)10-8-11-26(2)34-27(3)12-14-31(46-34)15-13-30(40)18-21-45-23-22-44-20-9-19-38-32(41)16-17-33(38)42/h8,10-11,16-17,25,27-29,31,34-36,39H,9,12-15,18-24H2,1-7H3/b10-8+,26-11+/t25-,27+,28-,29-,31-,34-,35-,36-,37-/m1/s1. The average Bonchev–Trinajstić information content (AvgIpc) is 3.59. The Morgan fingerprint density at radius 1 is 1.09 bits per heavy atom. The maximum absolute atomic E-state index is 12.5. The van der Waals surface area contributed by atoms with Gasteiger partial charge in [-0.3, -0.25) is 19.3 Å². The van der Waals surface area contributed by atoms with Crippen LogP contribution in [0.15, 0.2) is 36.0 Å². The van der Waals surface area contributed by atoms with Crippen molar-refractivity contribution < 1.29 is 43.2 Å². The van der Waals surface area contributed by atoms with E-state index in [0.29, 0.717) is 64.1 Å². The second-order valence-electron chi connectivity index (χ2n) is 13.9. The SMILES string of the molecule is CO[C@H]([C@@H](C)[C@H]1O[C@]1(C)C[C@H](C)/C=C/C=C(\C)[C@H]1O[C@@H](CCC(=O)CCOCCOCCCN2C(=O)C=CC2=O)CC[C@@H]1C)[C@@H](C)O. The van der Waals surface area contributed by atoms with Crippen molar-refractivity contribution in [3.63, 3.8) is 0 Å². The number of nitrogens with zero attached hydrogens (tertiary/aromatic N) is 1. The van der Waals surface area contributed by atoms with Crippen LogP contribution >= 0.6 is 0 Å². The van der Waals surface area contributed by atoms with E-state index in [1.807, 2.05) is 0 Å². The second kappa shape index (κ2) is 19.1. The van der Waals surface area contributed by atoms with Crippen LogP contribution in [0.4, 0.5) is 0 Å². The molecule has 0 saturated carbocycles. The second-order valence-corrected chi connectivity index (χ2v) is 13.9. The van der Waals surface area contributed by atoms with E-state index in [4.69, 9.17) is 23.7 Å². The molecule has 0 aliphatic carbocycles. The number of carbonyl (C=O) groups is 3. The molecule has 0 unspecified atom stereocenters. The number of aliphatic hydroxyl groups is 1. The average molecular weight is 662 g/mol. The lowest BCUT2D eigenvalue weighted by Crippen LogP contribution is -2.36. The summed E-state index contributed by atoms with van der Waals surface area (Å²) >= 11 is 0. The van der Waals surface area contributed by atoms with Crippen molar-refractivity contribution in [2.45, 2.75) is 123 Å². The third-order valence-electron chi connectivity index (χ3n) is 9.67. The number of hydrogen-bond donors (Lipinski definition) is 1. The van der Waals surface area contributed by atoms with Gasteiger partial charge >= 0.3 is 0 Å². The molecule has 3 rings (SSSR count). The number of ketones is 1. The molecule has 2 amide bonds. The fourth-order valence-corrected chi connectivity index (χ4v) is 7.02. The molecule has 0 aromatic carbocycles. The molecule has 266 valence electrons. The largest absolute Gasteiger partial charge is 0.391 e. The fraction of sp³-hybridized carbons (Fsp3) is 0.757. The third kappa shape index (κ3) is 12.3. The van der Waals surface area contributed by atoms with E-state index in [2.05, 4.69) is 52.8 Å². The number of hydrogen-bond acceptors (Lipinski definition) is 9. The fourth-order valence-electron chi connectivity index (χ4n) is 7.02.